The molecule has 2 N–H and O–H groups in total. The predicted molar refractivity (Wildman–Crippen MR) is 82.5 cm³/mol. The van der Waals surface area contributed by atoms with E-state index < -0.39 is 0 Å². The van der Waals surface area contributed by atoms with Crippen molar-refractivity contribution in [2.24, 2.45) is 5.92 Å². The van der Waals surface area contributed by atoms with E-state index in [1.54, 1.807) is 11.3 Å². The summed E-state index contributed by atoms with van der Waals surface area (Å²) < 4.78 is 0. The molecule has 0 saturated carbocycles. The van der Waals surface area contributed by atoms with Crippen molar-refractivity contribution >= 4 is 17.2 Å². The van der Waals surface area contributed by atoms with Gasteiger partial charge in [-0.2, -0.15) is 5.10 Å². The van der Waals surface area contributed by atoms with E-state index in [1.165, 1.54) is 29.6 Å². The van der Waals surface area contributed by atoms with E-state index in [0.717, 1.165) is 29.5 Å². The number of aromatic amines is 1. The fourth-order valence-electron chi connectivity index (χ4n) is 2.79. The van der Waals surface area contributed by atoms with E-state index in [9.17, 15) is 4.79 Å². The second-order valence-electron chi connectivity index (χ2n) is 5.51. The highest BCUT2D eigenvalue weighted by atomic mass is 32.1. The number of nitrogens with one attached hydrogen (secondary N) is 2. The Bertz CT molecular complexity index is 605. The molecule has 0 spiro atoms. The molecule has 3 rings (SSSR count). The molecule has 0 saturated heterocycles. The van der Waals surface area contributed by atoms with E-state index in [0.29, 0.717) is 13.0 Å². The average Bonchev–Trinajstić information content (AvgIpc) is 3.15. The number of aryl methyl sites for hydroxylation is 1. The Kier molecular flexibility index (Phi) is 4.34. The van der Waals surface area contributed by atoms with Gasteiger partial charge in [0, 0.05) is 17.8 Å². The maximum atomic E-state index is 12.2. The van der Waals surface area contributed by atoms with Crippen LogP contribution < -0.4 is 5.32 Å². The highest BCUT2D eigenvalue weighted by Gasteiger charge is 2.21. The maximum absolute atomic E-state index is 12.2. The van der Waals surface area contributed by atoms with E-state index >= 15 is 0 Å². The van der Waals surface area contributed by atoms with Gasteiger partial charge in [0.2, 0.25) is 0 Å². The summed E-state index contributed by atoms with van der Waals surface area (Å²) in [6.07, 6.45) is 6.91. The number of H-pyrrole nitrogens is 1. The second kappa shape index (κ2) is 6.39. The lowest BCUT2D eigenvalue weighted by Crippen LogP contribution is -2.25. The molecule has 0 bridgehead atoms. The molecule has 2 heterocycles. The van der Waals surface area contributed by atoms with Gasteiger partial charge in [0.05, 0.1) is 4.88 Å². The summed E-state index contributed by atoms with van der Waals surface area (Å²) in [5.41, 5.74) is 1.39. The molecule has 2 aromatic rings. The second-order valence-corrected chi connectivity index (χ2v) is 6.65. The Morgan fingerprint density at radius 2 is 2.48 bits per heavy atom. The summed E-state index contributed by atoms with van der Waals surface area (Å²) in [6, 6.07) is 2.09. The summed E-state index contributed by atoms with van der Waals surface area (Å²) in [7, 11) is 0. The van der Waals surface area contributed by atoms with Crippen LogP contribution in [-0.4, -0.2) is 27.6 Å². The lowest BCUT2D eigenvalue weighted by Gasteiger charge is -2.19. The third-order valence-electron chi connectivity index (χ3n) is 4.10. The summed E-state index contributed by atoms with van der Waals surface area (Å²) in [6.45, 7) is 2.83. The number of carbonyl (C=O) groups excluding carboxylic acids is 1. The third-order valence-corrected chi connectivity index (χ3v) is 5.33. The minimum absolute atomic E-state index is 0.0296. The van der Waals surface area contributed by atoms with Gasteiger partial charge in [-0.15, -0.1) is 11.3 Å². The Morgan fingerprint density at radius 1 is 1.57 bits per heavy atom. The van der Waals surface area contributed by atoms with Crippen molar-refractivity contribution < 1.29 is 4.79 Å². The Morgan fingerprint density at radius 3 is 3.24 bits per heavy atom. The van der Waals surface area contributed by atoms with E-state index in [4.69, 9.17) is 0 Å². The Labute approximate surface area is 128 Å². The van der Waals surface area contributed by atoms with Crippen LogP contribution in [-0.2, 0) is 19.3 Å². The van der Waals surface area contributed by atoms with Gasteiger partial charge >= 0.3 is 0 Å². The SMILES string of the molecule is CCC1CCc2sc(C(=O)NCCc3ncn[nH]3)cc2C1. The normalized spacial score (nSPS) is 17.5. The van der Waals surface area contributed by atoms with Crippen LogP contribution in [0.1, 0.15) is 45.7 Å². The van der Waals surface area contributed by atoms with Crippen LogP contribution in [0.15, 0.2) is 12.4 Å². The topological polar surface area (TPSA) is 70.7 Å². The number of rotatable bonds is 5. The molecule has 0 aromatic carbocycles. The first-order chi connectivity index (χ1) is 10.3. The Balaban J connectivity index is 1.57. The van der Waals surface area contributed by atoms with Crippen LogP contribution >= 0.6 is 11.3 Å². The number of nitrogens with zero attached hydrogens (tertiary/aromatic N) is 2. The molecule has 21 heavy (non-hydrogen) atoms. The zero-order valence-corrected chi connectivity index (χ0v) is 13.0. The summed E-state index contributed by atoms with van der Waals surface area (Å²) >= 11 is 1.66. The molecule has 1 unspecified atom stereocenters. The van der Waals surface area contributed by atoms with Gasteiger partial charge in [-0.05, 0) is 36.8 Å². The molecule has 2 aromatic heterocycles. The van der Waals surface area contributed by atoms with Gasteiger partial charge in [-0.3, -0.25) is 9.89 Å². The Hall–Kier alpha value is -1.69. The van der Waals surface area contributed by atoms with Gasteiger partial charge < -0.3 is 5.32 Å². The predicted octanol–water partition coefficient (Wildman–Crippen LogP) is 2.35. The lowest BCUT2D eigenvalue weighted by atomic mass is 9.87. The molecular weight excluding hydrogens is 284 g/mol. The molecule has 1 amide bonds. The highest BCUT2D eigenvalue weighted by Crippen LogP contribution is 2.33. The number of carbonyl (C=O) groups is 1. The third kappa shape index (κ3) is 3.32. The van der Waals surface area contributed by atoms with Crippen molar-refractivity contribution in [3.05, 3.63) is 33.5 Å². The molecule has 1 atom stereocenters. The number of hydrogen-bond donors (Lipinski definition) is 2. The van der Waals surface area contributed by atoms with Gasteiger partial charge in [-0.25, -0.2) is 4.98 Å². The summed E-state index contributed by atoms with van der Waals surface area (Å²) in [4.78, 5) is 18.5. The fraction of sp³-hybridized carbons (Fsp3) is 0.533. The van der Waals surface area contributed by atoms with E-state index in [-0.39, 0.29) is 5.91 Å². The molecule has 1 aliphatic rings. The molecule has 6 heteroatoms. The van der Waals surface area contributed by atoms with Crippen molar-refractivity contribution in [1.29, 1.82) is 0 Å². The quantitative estimate of drug-likeness (QED) is 0.891. The number of aromatic nitrogens is 3. The van der Waals surface area contributed by atoms with Crippen LogP contribution in [0.5, 0.6) is 0 Å². The smallest absolute Gasteiger partial charge is 0.261 e. The van der Waals surface area contributed by atoms with Crippen LogP contribution in [0.25, 0.3) is 0 Å². The van der Waals surface area contributed by atoms with Gasteiger partial charge in [0.25, 0.3) is 5.91 Å². The molecule has 0 fully saturated rings. The molecule has 0 aliphatic heterocycles. The van der Waals surface area contributed by atoms with Gasteiger partial charge in [0.15, 0.2) is 0 Å². The first-order valence-corrected chi connectivity index (χ1v) is 8.32. The van der Waals surface area contributed by atoms with E-state index in [2.05, 4.69) is 33.5 Å². The number of hydrogen-bond acceptors (Lipinski definition) is 4. The van der Waals surface area contributed by atoms with Crippen LogP contribution in [0.2, 0.25) is 0 Å². The van der Waals surface area contributed by atoms with E-state index in [1.807, 2.05) is 0 Å². The van der Waals surface area contributed by atoms with Crippen molar-refractivity contribution in [2.45, 2.75) is 39.0 Å². The van der Waals surface area contributed by atoms with Crippen molar-refractivity contribution in [1.82, 2.24) is 20.5 Å². The molecule has 0 radical (unpaired) electrons. The minimum atomic E-state index is 0.0296. The van der Waals surface area contributed by atoms with Crippen molar-refractivity contribution in [2.75, 3.05) is 6.54 Å². The maximum Gasteiger partial charge on any atom is 0.261 e. The van der Waals surface area contributed by atoms with Crippen molar-refractivity contribution in [3.63, 3.8) is 0 Å². The number of fused-ring (bicyclic) bond motifs is 1. The first-order valence-electron chi connectivity index (χ1n) is 7.50. The van der Waals surface area contributed by atoms with Crippen LogP contribution in [0.4, 0.5) is 0 Å². The standard InChI is InChI=1S/C15H20N4OS/c1-2-10-3-4-12-11(7-10)8-13(21-12)15(20)16-6-5-14-17-9-18-19-14/h8-10H,2-7H2,1H3,(H,16,20)(H,17,18,19). The number of thiophene rings is 1. The fourth-order valence-corrected chi connectivity index (χ4v) is 3.92. The zero-order valence-electron chi connectivity index (χ0n) is 12.2. The molecule has 5 nitrogen and oxygen atoms in total. The van der Waals surface area contributed by atoms with Crippen LogP contribution in [0.3, 0.4) is 0 Å². The monoisotopic (exact) mass is 304 g/mol. The lowest BCUT2D eigenvalue weighted by molar-refractivity contribution is 0.0958. The average molecular weight is 304 g/mol. The molecule has 1 aliphatic carbocycles. The highest BCUT2D eigenvalue weighted by molar-refractivity contribution is 7.14. The minimum Gasteiger partial charge on any atom is -0.351 e. The van der Waals surface area contributed by atoms with Gasteiger partial charge in [-0.1, -0.05) is 13.3 Å². The van der Waals surface area contributed by atoms with Crippen molar-refractivity contribution in [3.8, 4) is 0 Å². The van der Waals surface area contributed by atoms with Crippen LogP contribution in [0, 0.1) is 5.92 Å². The zero-order chi connectivity index (χ0) is 14.7. The summed E-state index contributed by atoms with van der Waals surface area (Å²) in [5, 5.41) is 9.54. The number of amides is 1. The summed E-state index contributed by atoms with van der Waals surface area (Å²) in [5.74, 6) is 1.61. The molecule has 112 valence electrons. The molecular formula is C15H20N4OS. The largest absolute Gasteiger partial charge is 0.351 e. The van der Waals surface area contributed by atoms with Gasteiger partial charge in [0.1, 0.15) is 12.2 Å². The first kappa shape index (κ1) is 14.3.